The predicted octanol–water partition coefficient (Wildman–Crippen LogP) is 2.94. The van der Waals surface area contributed by atoms with E-state index in [1.165, 1.54) is 38.5 Å². The zero-order chi connectivity index (χ0) is 11.4. The summed E-state index contributed by atoms with van der Waals surface area (Å²) in [4.78, 5) is 0. The molecule has 0 aromatic carbocycles. The van der Waals surface area contributed by atoms with Gasteiger partial charge in [0, 0.05) is 11.9 Å². The predicted molar refractivity (Wildman–Crippen MR) is 68.0 cm³/mol. The first-order chi connectivity index (χ1) is 7.75. The SMILES string of the molecule is CC1CCC(CNCC2CCCCC2Cl)O1. The van der Waals surface area contributed by atoms with Crippen molar-refractivity contribution in [3.8, 4) is 0 Å². The molecule has 1 heterocycles. The molecule has 4 atom stereocenters. The van der Waals surface area contributed by atoms with Crippen molar-refractivity contribution in [1.29, 1.82) is 0 Å². The number of rotatable bonds is 4. The lowest BCUT2D eigenvalue weighted by molar-refractivity contribution is 0.0553. The molecule has 2 nitrogen and oxygen atoms in total. The molecule has 0 radical (unpaired) electrons. The standard InChI is InChI=1S/C13H24ClNO/c1-10-6-7-12(16-10)9-15-8-11-4-2-3-5-13(11)14/h10-13,15H,2-9H2,1H3. The van der Waals surface area contributed by atoms with Gasteiger partial charge in [0.05, 0.1) is 12.2 Å². The second-order valence-electron chi connectivity index (χ2n) is 5.36. The third-order valence-electron chi connectivity index (χ3n) is 3.91. The van der Waals surface area contributed by atoms with E-state index in [1.807, 2.05) is 0 Å². The highest BCUT2D eigenvalue weighted by Crippen LogP contribution is 2.28. The number of hydrogen-bond donors (Lipinski definition) is 1. The van der Waals surface area contributed by atoms with Crippen LogP contribution in [-0.4, -0.2) is 30.7 Å². The topological polar surface area (TPSA) is 21.3 Å². The molecule has 0 bridgehead atoms. The quantitative estimate of drug-likeness (QED) is 0.769. The Kier molecular flexibility index (Phi) is 4.93. The largest absolute Gasteiger partial charge is 0.374 e. The Balaban J connectivity index is 1.60. The lowest BCUT2D eigenvalue weighted by Gasteiger charge is -2.27. The van der Waals surface area contributed by atoms with E-state index < -0.39 is 0 Å². The van der Waals surface area contributed by atoms with E-state index in [0.29, 0.717) is 23.5 Å². The smallest absolute Gasteiger partial charge is 0.0704 e. The number of nitrogens with one attached hydrogen (secondary N) is 1. The molecule has 94 valence electrons. The summed E-state index contributed by atoms with van der Waals surface area (Å²) in [6, 6.07) is 0. The van der Waals surface area contributed by atoms with Gasteiger partial charge in [0.2, 0.25) is 0 Å². The van der Waals surface area contributed by atoms with Crippen molar-refractivity contribution >= 4 is 11.6 Å². The average molecular weight is 246 g/mol. The third kappa shape index (κ3) is 3.61. The first kappa shape index (κ1) is 12.7. The van der Waals surface area contributed by atoms with Gasteiger partial charge in [0.25, 0.3) is 0 Å². The van der Waals surface area contributed by atoms with Crippen molar-refractivity contribution in [3.05, 3.63) is 0 Å². The van der Waals surface area contributed by atoms with Gasteiger partial charge in [-0.3, -0.25) is 0 Å². The zero-order valence-corrected chi connectivity index (χ0v) is 11.0. The fourth-order valence-electron chi connectivity index (χ4n) is 2.86. The van der Waals surface area contributed by atoms with Crippen molar-refractivity contribution in [2.24, 2.45) is 5.92 Å². The minimum atomic E-state index is 0.393. The Labute approximate surface area is 104 Å². The zero-order valence-electron chi connectivity index (χ0n) is 10.3. The summed E-state index contributed by atoms with van der Waals surface area (Å²) in [5.74, 6) is 0.675. The van der Waals surface area contributed by atoms with E-state index in [2.05, 4.69) is 12.2 Å². The second-order valence-corrected chi connectivity index (χ2v) is 5.93. The van der Waals surface area contributed by atoms with E-state index in [9.17, 15) is 0 Å². The van der Waals surface area contributed by atoms with Gasteiger partial charge in [-0.2, -0.15) is 0 Å². The molecular weight excluding hydrogens is 222 g/mol. The Morgan fingerprint density at radius 3 is 2.62 bits per heavy atom. The van der Waals surface area contributed by atoms with Crippen LogP contribution in [0.1, 0.15) is 45.4 Å². The van der Waals surface area contributed by atoms with Crippen LogP contribution in [0, 0.1) is 5.92 Å². The third-order valence-corrected chi connectivity index (χ3v) is 4.49. The van der Waals surface area contributed by atoms with Crippen LogP contribution >= 0.6 is 11.6 Å². The summed E-state index contributed by atoms with van der Waals surface area (Å²) in [6.45, 7) is 4.24. The van der Waals surface area contributed by atoms with E-state index in [-0.39, 0.29) is 0 Å². The molecule has 0 aromatic heterocycles. The fourth-order valence-corrected chi connectivity index (χ4v) is 3.23. The van der Waals surface area contributed by atoms with Crippen LogP contribution in [0.4, 0.5) is 0 Å². The Morgan fingerprint density at radius 1 is 1.12 bits per heavy atom. The molecule has 1 saturated carbocycles. The molecule has 1 aliphatic carbocycles. The maximum Gasteiger partial charge on any atom is 0.0704 e. The summed E-state index contributed by atoms with van der Waals surface area (Å²) in [6.07, 6.45) is 8.49. The molecule has 0 aromatic rings. The molecule has 1 N–H and O–H groups in total. The number of halogens is 1. The van der Waals surface area contributed by atoms with Gasteiger partial charge >= 0.3 is 0 Å². The van der Waals surface area contributed by atoms with Crippen molar-refractivity contribution in [2.75, 3.05) is 13.1 Å². The van der Waals surface area contributed by atoms with Crippen molar-refractivity contribution in [1.82, 2.24) is 5.32 Å². The molecule has 4 unspecified atom stereocenters. The van der Waals surface area contributed by atoms with E-state index >= 15 is 0 Å². The second kappa shape index (κ2) is 6.23. The van der Waals surface area contributed by atoms with Gasteiger partial charge in [0.15, 0.2) is 0 Å². The number of ether oxygens (including phenoxy) is 1. The Hall–Kier alpha value is 0.210. The molecule has 3 heteroatoms. The summed E-state index contributed by atoms with van der Waals surface area (Å²) in [7, 11) is 0. The highest BCUT2D eigenvalue weighted by molar-refractivity contribution is 6.20. The van der Waals surface area contributed by atoms with Crippen molar-refractivity contribution in [3.63, 3.8) is 0 Å². The van der Waals surface area contributed by atoms with E-state index in [4.69, 9.17) is 16.3 Å². The summed E-state index contributed by atoms with van der Waals surface area (Å²) in [5.41, 5.74) is 0. The molecule has 2 aliphatic rings. The highest BCUT2D eigenvalue weighted by atomic mass is 35.5. The van der Waals surface area contributed by atoms with Gasteiger partial charge < -0.3 is 10.1 Å². The molecular formula is C13H24ClNO. The normalized spacial score (nSPS) is 40.1. The molecule has 0 amide bonds. The summed E-state index contributed by atoms with van der Waals surface area (Å²) >= 11 is 6.33. The molecule has 1 saturated heterocycles. The summed E-state index contributed by atoms with van der Waals surface area (Å²) < 4.78 is 5.78. The van der Waals surface area contributed by atoms with Gasteiger partial charge in [-0.05, 0) is 45.1 Å². The lowest BCUT2D eigenvalue weighted by atomic mass is 9.89. The van der Waals surface area contributed by atoms with Crippen LogP contribution in [0.3, 0.4) is 0 Å². The van der Waals surface area contributed by atoms with Crippen LogP contribution in [0.2, 0.25) is 0 Å². The fraction of sp³-hybridized carbons (Fsp3) is 1.00. The van der Waals surface area contributed by atoms with Crippen molar-refractivity contribution < 1.29 is 4.74 Å². The van der Waals surface area contributed by atoms with Crippen molar-refractivity contribution in [2.45, 2.75) is 63.0 Å². The van der Waals surface area contributed by atoms with Crippen LogP contribution in [0.25, 0.3) is 0 Å². The van der Waals surface area contributed by atoms with E-state index in [0.717, 1.165) is 13.1 Å². The maximum absolute atomic E-state index is 6.33. The maximum atomic E-state index is 6.33. The molecule has 16 heavy (non-hydrogen) atoms. The average Bonchev–Trinajstić information content (AvgIpc) is 2.67. The molecule has 0 spiro atoms. The van der Waals surface area contributed by atoms with Gasteiger partial charge in [-0.1, -0.05) is 12.8 Å². The Bertz CT molecular complexity index is 212. The Morgan fingerprint density at radius 2 is 1.94 bits per heavy atom. The summed E-state index contributed by atoms with van der Waals surface area (Å²) in [5, 5.41) is 3.93. The molecule has 2 fully saturated rings. The number of alkyl halides is 1. The van der Waals surface area contributed by atoms with Gasteiger partial charge in [-0.25, -0.2) is 0 Å². The van der Waals surface area contributed by atoms with Crippen LogP contribution in [0.15, 0.2) is 0 Å². The first-order valence-electron chi connectivity index (χ1n) is 6.76. The van der Waals surface area contributed by atoms with Crippen LogP contribution < -0.4 is 5.32 Å². The van der Waals surface area contributed by atoms with E-state index in [1.54, 1.807) is 0 Å². The molecule has 2 rings (SSSR count). The monoisotopic (exact) mass is 245 g/mol. The van der Waals surface area contributed by atoms with Crippen LogP contribution in [0.5, 0.6) is 0 Å². The van der Waals surface area contributed by atoms with Crippen LogP contribution in [-0.2, 0) is 4.74 Å². The lowest BCUT2D eigenvalue weighted by Crippen LogP contribution is -2.35. The molecule has 1 aliphatic heterocycles. The minimum Gasteiger partial charge on any atom is -0.374 e. The van der Waals surface area contributed by atoms with Gasteiger partial charge in [0.1, 0.15) is 0 Å². The number of hydrogen-bond acceptors (Lipinski definition) is 2. The minimum absolute atomic E-state index is 0.393. The highest BCUT2D eigenvalue weighted by Gasteiger charge is 2.24. The first-order valence-corrected chi connectivity index (χ1v) is 7.19. The van der Waals surface area contributed by atoms with Gasteiger partial charge in [-0.15, -0.1) is 11.6 Å².